The van der Waals surface area contributed by atoms with E-state index in [-0.39, 0.29) is 35.8 Å². The second-order valence-corrected chi connectivity index (χ2v) is 9.51. The monoisotopic (exact) mass is 475 g/mol. The summed E-state index contributed by atoms with van der Waals surface area (Å²) in [6.07, 6.45) is -2.44. The van der Waals surface area contributed by atoms with E-state index in [1.807, 2.05) is 26.8 Å². The van der Waals surface area contributed by atoms with Crippen molar-refractivity contribution in [1.29, 1.82) is 0 Å². The number of piperidine rings is 1. The van der Waals surface area contributed by atoms with E-state index in [4.69, 9.17) is 15.6 Å². The molecule has 3 heterocycles. The van der Waals surface area contributed by atoms with Crippen molar-refractivity contribution < 1.29 is 17.9 Å². The summed E-state index contributed by atoms with van der Waals surface area (Å²) in [4.78, 5) is 6.77. The number of H-pyrrole nitrogens is 1. The molecule has 1 saturated carbocycles. The van der Waals surface area contributed by atoms with Gasteiger partial charge in [0.1, 0.15) is 5.75 Å². The Morgan fingerprint density at radius 1 is 1.21 bits per heavy atom. The summed E-state index contributed by atoms with van der Waals surface area (Å²) in [5, 5.41) is 12.2. The molecule has 0 radical (unpaired) electrons. The third-order valence-corrected chi connectivity index (χ3v) is 6.82. The van der Waals surface area contributed by atoms with Gasteiger partial charge in [-0.25, -0.2) is 4.68 Å². The van der Waals surface area contributed by atoms with Gasteiger partial charge in [-0.3, -0.25) is 5.10 Å². The van der Waals surface area contributed by atoms with Crippen molar-refractivity contribution in [3.05, 3.63) is 47.3 Å². The molecule has 34 heavy (non-hydrogen) atoms. The van der Waals surface area contributed by atoms with Crippen LogP contribution in [0.3, 0.4) is 0 Å². The largest absolute Gasteiger partial charge is 0.424 e. The Morgan fingerprint density at radius 2 is 2.00 bits per heavy atom. The van der Waals surface area contributed by atoms with Crippen molar-refractivity contribution in [1.82, 2.24) is 25.0 Å². The number of nitrogens with two attached hydrogens (primary N) is 1. The molecule has 8 nitrogen and oxygen atoms in total. The van der Waals surface area contributed by atoms with Gasteiger partial charge in [0.15, 0.2) is 0 Å². The van der Waals surface area contributed by atoms with E-state index in [1.54, 1.807) is 4.68 Å². The number of ether oxygens (including phenoxy) is 1. The van der Waals surface area contributed by atoms with Crippen LogP contribution >= 0.6 is 0 Å². The fourth-order valence-corrected chi connectivity index (χ4v) is 5.16. The Bertz CT molecular complexity index is 1170. The Kier molecular flexibility index (Phi) is 5.54. The SMILES string of the molecule is Cc1cc(C2C3CCC(CN2c2nc(Oc4cccc(C(F)(F)F)c4)n(C(C)C)n2)C3N)n[nH]1. The minimum absolute atomic E-state index is 0.0517. The zero-order valence-electron chi connectivity index (χ0n) is 19.3. The number of aromatic nitrogens is 5. The van der Waals surface area contributed by atoms with E-state index >= 15 is 0 Å². The predicted octanol–water partition coefficient (Wildman–Crippen LogP) is 4.62. The van der Waals surface area contributed by atoms with Gasteiger partial charge in [-0.05, 0) is 63.8 Å². The summed E-state index contributed by atoms with van der Waals surface area (Å²) in [5.74, 6) is 1.04. The molecule has 3 N–H and O–H groups in total. The first-order valence-corrected chi connectivity index (χ1v) is 11.5. The maximum Gasteiger partial charge on any atom is 0.416 e. The minimum atomic E-state index is -4.46. The van der Waals surface area contributed by atoms with Gasteiger partial charge in [0.25, 0.3) is 0 Å². The molecule has 4 atom stereocenters. The van der Waals surface area contributed by atoms with Crippen LogP contribution < -0.4 is 15.4 Å². The lowest BCUT2D eigenvalue weighted by Gasteiger charge is -2.42. The van der Waals surface area contributed by atoms with Crippen LogP contribution in [0.5, 0.6) is 11.8 Å². The number of hydrogen-bond donors (Lipinski definition) is 2. The average Bonchev–Trinajstić information content (AvgIpc) is 3.44. The van der Waals surface area contributed by atoms with Crippen LogP contribution in [0.2, 0.25) is 0 Å². The number of benzene rings is 1. The van der Waals surface area contributed by atoms with Crippen LogP contribution in [0, 0.1) is 18.8 Å². The Hall–Kier alpha value is -3.08. The van der Waals surface area contributed by atoms with Gasteiger partial charge in [-0.15, -0.1) is 5.10 Å². The highest BCUT2D eigenvalue weighted by Gasteiger charge is 2.49. The number of halogens is 3. The normalized spacial score (nSPS) is 24.8. The maximum absolute atomic E-state index is 13.2. The molecular weight excluding hydrogens is 447 g/mol. The summed E-state index contributed by atoms with van der Waals surface area (Å²) in [5.41, 5.74) is 7.63. The molecule has 5 rings (SSSR count). The molecule has 0 spiro atoms. The Balaban J connectivity index is 1.51. The lowest BCUT2D eigenvalue weighted by molar-refractivity contribution is -0.137. The van der Waals surface area contributed by atoms with Crippen LogP contribution in [-0.2, 0) is 6.18 Å². The first kappa shape index (κ1) is 22.7. The number of fused-ring (bicyclic) bond motifs is 2. The van der Waals surface area contributed by atoms with Crippen molar-refractivity contribution in [2.24, 2.45) is 17.6 Å². The molecule has 2 aromatic heterocycles. The quantitative estimate of drug-likeness (QED) is 0.559. The number of aryl methyl sites for hydroxylation is 1. The fraction of sp³-hybridized carbons (Fsp3) is 0.522. The third-order valence-electron chi connectivity index (χ3n) is 6.82. The Labute approximate surface area is 195 Å². The van der Waals surface area contributed by atoms with E-state index in [1.165, 1.54) is 12.1 Å². The number of nitrogens with zero attached hydrogens (tertiary/aromatic N) is 5. The van der Waals surface area contributed by atoms with Crippen molar-refractivity contribution >= 4 is 5.95 Å². The molecule has 1 saturated heterocycles. The second-order valence-electron chi connectivity index (χ2n) is 9.51. The summed E-state index contributed by atoms with van der Waals surface area (Å²) in [7, 11) is 0. The summed E-state index contributed by atoms with van der Waals surface area (Å²) in [6.45, 7) is 6.47. The van der Waals surface area contributed by atoms with E-state index in [9.17, 15) is 13.2 Å². The van der Waals surface area contributed by atoms with E-state index < -0.39 is 11.7 Å². The van der Waals surface area contributed by atoms with Crippen LogP contribution in [-0.4, -0.2) is 37.5 Å². The van der Waals surface area contributed by atoms with Crippen molar-refractivity contribution in [2.75, 3.05) is 11.4 Å². The topological polar surface area (TPSA) is 97.9 Å². The number of nitrogens with one attached hydrogen (secondary N) is 1. The minimum Gasteiger partial charge on any atom is -0.424 e. The van der Waals surface area contributed by atoms with Gasteiger partial charge in [0.05, 0.1) is 23.3 Å². The number of alkyl halides is 3. The van der Waals surface area contributed by atoms with Crippen LogP contribution in [0.4, 0.5) is 19.1 Å². The molecule has 2 fully saturated rings. The first-order chi connectivity index (χ1) is 16.1. The van der Waals surface area contributed by atoms with Crippen molar-refractivity contribution in [3.8, 4) is 11.8 Å². The highest BCUT2D eigenvalue weighted by molar-refractivity contribution is 5.40. The fourth-order valence-electron chi connectivity index (χ4n) is 5.16. The number of rotatable bonds is 5. The molecule has 1 aliphatic carbocycles. The smallest absolute Gasteiger partial charge is 0.416 e. The summed E-state index contributed by atoms with van der Waals surface area (Å²) >= 11 is 0. The first-order valence-electron chi connectivity index (χ1n) is 11.5. The zero-order chi connectivity index (χ0) is 24.2. The molecule has 1 aromatic carbocycles. The lowest BCUT2D eigenvalue weighted by atomic mass is 9.84. The molecule has 182 valence electrons. The van der Waals surface area contributed by atoms with Crippen molar-refractivity contribution in [3.63, 3.8) is 0 Å². The predicted molar refractivity (Wildman–Crippen MR) is 120 cm³/mol. The molecule has 4 unspecified atom stereocenters. The van der Waals surface area contributed by atoms with Gasteiger partial charge >= 0.3 is 12.2 Å². The maximum atomic E-state index is 13.2. The van der Waals surface area contributed by atoms with Gasteiger partial charge in [0.2, 0.25) is 5.95 Å². The van der Waals surface area contributed by atoms with Crippen molar-refractivity contribution in [2.45, 2.75) is 57.9 Å². The van der Waals surface area contributed by atoms with Gasteiger partial charge in [0, 0.05) is 24.2 Å². The second kappa shape index (κ2) is 8.30. The molecule has 3 aromatic rings. The highest BCUT2D eigenvalue weighted by Crippen LogP contribution is 2.48. The average molecular weight is 476 g/mol. The Morgan fingerprint density at radius 3 is 2.68 bits per heavy atom. The zero-order valence-corrected chi connectivity index (χ0v) is 19.3. The van der Waals surface area contributed by atoms with E-state index in [2.05, 4.69) is 20.1 Å². The number of hydrogen-bond acceptors (Lipinski definition) is 6. The summed E-state index contributed by atoms with van der Waals surface area (Å²) < 4.78 is 46.9. The summed E-state index contributed by atoms with van der Waals surface area (Å²) in [6, 6.07) is 6.79. The van der Waals surface area contributed by atoms with Crippen LogP contribution in [0.15, 0.2) is 30.3 Å². The van der Waals surface area contributed by atoms with Crippen LogP contribution in [0.25, 0.3) is 0 Å². The lowest BCUT2D eigenvalue weighted by Crippen LogP contribution is -2.51. The number of anilines is 1. The molecule has 1 aliphatic heterocycles. The molecule has 0 amide bonds. The van der Waals surface area contributed by atoms with E-state index in [0.29, 0.717) is 18.4 Å². The molecule has 11 heteroatoms. The van der Waals surface area contributed by atoms with Crippen LogP contribution in [0.1, 0.15) is 55.7 Å². The molecule has 2 aliphatic rings. The number of aromatic amines is 1. The highest BCUT2D eigenvalue weighted by atomic mass is 19.4. The third kappa shape index (κ3) is 4.02. The van der Waals surface area contributed by atoms with Gasteiger partial charge < -0.3 is 15.4 Å². The molecular formula is C23H28F3N7O. The van der Waals surface area contributed by atoms with Gasteiger partial charge in [-0.1, -0.05) is 6.07 Å². The standard InChI is InChI=1S/C23H28F3N7O/c1-12(2)33-22(34-16-6-4-5-15(10-16)23(24,25)26)28-21(31-33)32-11-14-7-8-17(19(14)27)20(32)18-9-13(3)29-30-18/h4-6,9-10,12,14,17,19-20H,7-8,11,27H2,1-3H3,(H,29,30). The molecule has 2 bridgehead atoms. The van der Waals surface area contributed by atoms with E-state index in [0.717, 1.165) is 36.4 Å². The van der Waals surface area contributed by atoms with Gasteiger partial charge in [-0.2, -0.15) is 23.3 Å².